The molecule has 0 aliphatic heterocycles. The van der Waals surface area contributed by atoms with E-state index in [-0.39, 0.29) is 16.7 Å². The maximum atomic E-state index is 13.2. The number of rotatable bonds is 8. The Kier molecular flexibility index (Phi) is 14.5. The molecule has 0 radical (unpaired) electrons. The standard InChI is InChI=1S/C35H22F3NO3S.C34H23NO.CH2Cl2/c36-35(37,38)43(40,41)42-34-21-18-24(22-30(34)23-10-2-1-3-11-23)25-19-20-33(27-13-5-4-12-26(25)27)39-31-16-8-6-14-28(31)29-15-7-9-17-32(29)39;36-34-21-18-24(22-30(34)23-10-2-1-3-11-23)25-19-20-33(27-13-5-4-12-26(25)27)35-31-16-8-6-14-28(31)29-15-7-9-17-32(29)35;2-1-3/h1-22H;1-22,36H;1H2. The van der Waals surface area contributed by atoms with Crippen LogP contribution in [0.3, 0.4) is 0 Å². The summed E-state index contributed by atoms with van der Waals surface area (Å²) in [5, 5.41) is 19.9. The van der Waals surface area contributed by atoms with Crippen molar-refractivity contribution in [2.45, 2.75) is 5.51 Å². The van der Waals surface area contributed by atoms with Crippen molar-refractivity contribution in [3.63, 3.8) is 0 Å². The number of hydrogen-bond acceptors (Lipinski definition) is 4. The molecule has 14 rings (SSSR count). The van der Waals surface area contributed by atoms with Gasteiger partial charge in [0.05, 0.1) is 38.8 Å². The van der Waals surface area contributed by atoms with Crippen LogP contribution in [0, 0.1) is 0 Å². The van der Waals surface area contributed by atoms with Crippen LogP contribution in [0.15, 0.2) is 267 Å². The van der Waals surface area contributed by atoms with Crippen molar-refractivity contribution in [2.75, 3.05) is 5.34 Å². The van der Waals surface area contributed by atoms with Crippen molar-refractivity contribution in [3.05, 3.63) is 267 Å². The summed E-state index contributed by atoms with van der Waals surface area (Å²) in [5.41, 5.74) is 7.47. The fourth-order valence-electron chi connectivity index (χ4n) is 11.2. The zero-order valence-corrected chi connectivity index (χ0v) is 45.8. The largest absolute Gasteiger partial charge is 0.534 e. The summed E-state index contributed by atoms with van der Waals surface area (Å²) in [6, 6.07) is 87.8. The number of aromatic nitrogens is 2. The highest BCUT2D eigenvalue weighted by atomic mass is 35.5. The van der Waals surface area contributed by atoms with E-state index in [1.165, 1.54) is 38.6 Å². The average molecular weight is 1140 g/mol. The van der Waals surface area contributed by atoms with E-state index in [1.54, 1.807) is 48.5 Å². The summed E-state index contributed by atoms with van der Waals surface area (Å²) in [6.45, 7) is 0. The Balaban J connectivity index is 0.000000157. The molecule has 2 heterocycles. The molecule has 0 aliphatic rings. The quantitative estimate of drug-likeness (QED) is 0.0935. The molecule has 1 N–H and O–H groups in total. The number of para-hydroxylation sites is 4. The molecule has 0 bridgehead atoms. The number of alkyl halides is 5. The highest BCUT2D eigenvalue weighted by Gasteiger charge is 2.49. The number of phenols is 1. The minimum Gasteiger partial charge on any atom is -0.507 e. The van der Waals surface area contributed by atoms with Crippen molar-refractivity contribution in [1.29, 1.82) is 0 Å². The molecule has 12 aromatic carbocycles. The summed E-state index contributed by atoms with van der Waals surface area (Å²) in [7, 11) is -5.86. The number of hydrogen-bond donors (Lipinski definition) is 1. The van der Waals surface area contributed by atoms with Gasteiger partial charge in [0.1, 0.15) is 5.75 Å². The van der Waals surface area contributed by atoms with Crippen LogP contribution in [0.25, 0.3) is 121 Å². The van der Waals surface area contributed by atoms with Crippen LogP contribution < -0.4 is 4.18 Å². The third kappa shape index (κ3) is 9.85. The number of phenolic OH excluding ortho intramolecular Hbond substituents is 1. The summed E-state index contributed by atoms with van der Waals surface area (Å²) in [4.78, 5) is 0. The van der Waals surface area contributed by atoms with Crippen LogP contribution >= 0.6 is 23.2 Å². The van der Waals surface area contributed by atoms with E-state index >= 15 is 0 Å². The molecular formula is C70H47Cl2F3N2O4S. The van der Waals surface area contributed by atoms with Gasteiger partial charge in [-0.05, 0) is 105 Å². The van der Waals surface area contributed by atoms with E-state index in [9.17, 15) is 26.7 Å². The molecular weight excluding hydrogens is 1090 g/mol. The van der Waals surface area contributed by atoms with Gasteiger partial charge in [-0.25, -0.2) is 0 Å². The molecule has 0 atom stereocenters. The number of benzene rings is 12. The molecule has 0 amide bonds. The van der Waals surface area contributed by atoms with Crippen molar-refractivity contribution >= 4 is 98.5 Å². The molecule has 0 saturated carbocycles. The number of fused-ring (bicyclic) bond motifs is 8. The lowest BCUT2D eigenvalue weighted by molar-refractivity contribution is -0.0499. The van der Waals surface area contributed by atoms with Crippen molar-refractivity contribution < 1.29 is 30.9 Å². The van der Waals surface area contributed by atoms with Gasteiger partial charge in [0.25, 0.3) is 0 Å². The first-order valence-electron chi connectivity index (χ1n) is 26.2. The highest BCUT2D eigenvalue weighted by molar-refractivity contribution is 7.88. The van der Waals surface area contributed by atoms with Gasteiger partial charge in [-0.2, -0.15) is 21.6 Å². The topological polar surface area (TPSA) is 73.5 Å². The van der Waals surface area contributed by atoms with Crippen molar-refractivity contribution in [3.8, 4) is 67.4 Å². The number of halogens is 5. The lowest BCUT2D eigenvalue weighted by Gasteiger charge is -2.17. The second-order valence-corrected chi connectivity index (χ2v) is 21.7. The SMILES string of the molecule is ClCCl.O=S(=O)(Oc1ccc(-c2ccc(-n3c4ccccc4c4ccccc43)c3ccccc23)cc1-c1ccccc1)C(F)(F)F.Oc1ccc(-c2ccc(-n3c4ccccc4c4ccccc43)c3ccccc23)cc1-c1ccccc1. The Morgan fingerprint density at radius 3 is 1.10 bits per heavy atom. The van der Waals surface area contributed by atoms with E-state index in [4.69, 9.17) is 23.2 Å². The molecule has 12 heteroatoms. The molecule has 0 saturated heterocycles. The third-order valence-electron chi connectivity index (χ3n) is 14.7. The first-order valence-corrected chi connectivity index (χ1v) is 28.6. The van der Waals surface area contributed by atoms with Gasteiger partial charge in [-0.15, -0.1) is 23.2 Å². The van der Waals surface area contributed by atoms with E-state index < -0.39 is 21.4 Å². The lowest BCUT2D eigenvalue weighted by Crippen LogP contribution is -2.28. The number of aromatic hydroxyl groups is 1. The van der Waals surface area contributed by atoms with Gasteiger partial charge in [0.15, 0.2) is 5.75 Å². The predicted octanol–water partition coefficient (Wildman–Crippen LogP) is 19.9. The maximum Gasteiger partial charge on any atom is 0.534 e. The molecule has 0 aliphatic carbocycles. The van der Waals surface area contributed by atoms with Crippen LogP contribution in [0.4, 0.5) is 13.2 Å². The van der Waals surface area contributed by atoms with E-state index in [0.717, 1.165) is 71.8 Å². The zero-order chi connectivity index (χ0) is 56.5. The van der Waals surface area contributed by atoms with Gasteiger partial charge in [-0.3, -0.25) is 0 Å². The Morgan fingerprint density at radius 2 is 0.695 bits per heavy atom. The molecule has 0 fully saturated rings. The van der Waals surface area contributed by atoms with Gasteiger partial charge in [0.2, 0.25) is 0 Å². The Bertz CT molecular complexity index is 4710. The molecule has 402 valence electrons. The van der Waals surface area contributed by atoms with E-state index in [0.29, 0.717) is 11.1 Å². The smallest absolute Gasteiger partial charge is 0.507 e. The lowest BCUT2D eigenvalue weighted by atomic mass is 9.94. The first-order chi connectivity index (χ1) is 39.9. The van der Waals surface area contributed by atoms with E-state index in [2.05, 4.69) is 129 Å². The molecule has 2 aromatic heterocycles. The fourth-order valence-corrected chi connectivity index (χ4v) is 11.6. The fraction of sp³-hybridized carbons (Fsp3) is 0.0286. The van der Waals surface area contributed by atoms with Crippen LogP contribution in [0.5, 0.6) is 11.5 Å². The summed E-state index contributed by atoms with van der Waals surface area (Å²) >= 11 is 9.53. The van der Waals surface area contributed by atoms with Crippen LogP contribution in [0.1, 0.15) is 0 Å². The third-order valence-corrected chi connectivity index (χ3v) is 15.7. The van der Waals surface area contributed by atoms with Crippen LogP contribution in [-0.4, -0.2) is 33.5 Å². The monoisotopic (exact) mass is 1140 g/mol. The Morgan fingerprint density at radius 1 is 0.366 bits per heavy atom. The minimum absolute atomic E-state index is 0.194. The second-order valence-electron chi connectivity index (χ2n) is 19.4. The molecule has 14 aromatic rings. The highest BCUT2D eigenvalue weighted by Crippen LogP contribution is 2.43. The maximum absolute atomic E-state index is 13.2. The Hall–Kier alpha value is -9.32. The van der Waals surface area contributed by atoms with Gasteiger partial charge in [-0.1, -0.05) is 206 Å². The van der Waals surface area contributed by atoms with Gasteiger partial charge < -0.3 is 18.4 Å². The van der Waals surface area contributed by atoms with E-state index in [1.807, 2.05) is 97.1 Å². The Labute approximate surface area is 480 Å². The molecule has 82 heavy (non-hydrogen) atoms. The molecule has 0 unspecified atom stereocenters. The summed E-state index contributed by atoms with van der Waals surface area (Å²) in [5.74, 6) is -0.116. The summed E-state index contributed by atoms with van der Waals surface area (Å²) < 4.78 is 72.7. The normalized spacial score (nSPS) is 11.7. The van der Waals surface area contributed by atoms with Crippen molar-refractivity contribution in [1.82, 2.24) is 9.13 Å². The number of nitrogens with zero attached hydrogens (tertiary/aromatic N) is 2. The minimum atomic E-state index is -5.86. The molecule has 6 nitrogen and oxygen atoms in total. The predicted molar refractivity (Wildman–Crippen MR) is 332 cm³/mol. The van der Waals surface area contributed by atoms with Gasteiger partial charge >= 0.3 is 15.6 Å². The van der Waals surface area contributed by atoms with Gasteiger partial charge in [0, 0.05) is 43.4 Å². The van der Waals surface area contributed by atoms with Crippen LogP contribution in [-0.2, 0) is 10.1 Å². The zero-order valence-electron chi connectivity index (χ0n) is 43.5. The summed E-state index contributed by atoms with van der Waals surface area (Å²) in [6.07, 6.45) is 0. The average Bonchev–Trinajstić information content (AvgIpc) is 2.51. The van der Waals surface area contributed by atoms with Crippen molar-refractivity contribution in [2.24, 2.45) is 0 Å². The second kappa shape index (κ2) is 22.3. The first kappa shape index (κ1) is 53.3. The molecule has 0 spiro atoms. The van der Waals surface area contributed by atoms with Crippen LogP contribution in [0.2, 0.25) is 0 Å².